The number of nitrogens with zero attached hydrogens (tertiary/aromatic N) is 2. The summed E-state index contributed by atoms with van der Waals surface area (Å²) in [6.07, 6.45) is 3.55. The topological polar surface area (TPSA) is 63.8 Å². The van der Waals surface area contributed by atoms with Crippen molar-refractivity contribution >= 4 is 34.7 Å². The van der Waals surface area contributed by atoms with Crippen molar-refractivity contribution in [3.05, 3.63) is 119 Å². The molecule has 1 atom stereocenters. The molecule has 180 valence electrons. The number of hydrogen-bond donors (Lipinski definition) is 1. The van der Waals surface area contributed by atoms with Gasteiger partial charge in [-0.3, -0.25) is 9.36 Å². The molecular weight excluding hydrogens is 492 g/mol. The molecule has 36 heavy (non-hydrogen) atoms. The van der Waals surface area contributed by atoms with Crippen LogP contribution in [0.4, 0.5) is 0 Å². The second-order valence-electron chi connectivity index (χ2n) is 9.08. The van der Waals surface area contributed by atoms with Crippen LogP contribution in [0.5, 0.6) is 11.5 Å². The molecule has 2 aliphatic rings. The van der Waals surface area contributed by atoms with Crippen LogP contribution in [0.2, 0.25) is 5.02 Å². The quantitative estimate of drug-likeness (QED) is 0.419. The SMILES string of the molecule is COc1cc(C=c2sc3n(c2=O)C(c2ccc(C)cc2)C2=C(N=3)c3ccccc3CC2)cc(Cl)c1O. The van der Waals surface area contributed by atoms with Gasteiger partial charge in [0.05, 0.1) is 28.4 Å². The average molecular weight is 515 g/mol. The molecule has 0 radical (unpaired) electrons. The molecule has 2 heterocycles. The Bertz CT molecular complexity index is 1730. The fraction of sp³-hybridized carbons (Fsp3) is 0.172. The van der Waals surface area contributed by atoms with E-state index in [2.05, 4.69) is 49.4 Å². The molecule has 1 N–H and O–H groups in total. The Morgan fingerprint density at radius 1 is 1.14 bits per heavy atom. The highest BCUT2D eigenvalue weighted by Crippen LogP contribution is 2.41. The normalized spacial score (nSPS) is 16.8. The molecule has 0 spiro atoms. The van der Waals surface area contributed by atoms with Gasteiger partial charge in [-0.25, -0.2) is 4.99 Å². The van der Waals surface area contributed by atoms with Crippen LogP contribution in [0.3, 0.4) is 0 Å². The predicted octanol–water partition coefficient (Wildman–Crippen LogP) is 4.99. The van der Waals surface area contributed by atoms with Crippen LogP contribution in [0, 0.1) is 6.92 Å². The monoisotopic (exact) mass is 514 g/mol. The average Bonchev–Trinajstić information content (AvgIpc) is 3.19. The minimum absolute atomic E-state index is 0.0992. The van der Waals surface area contributed by atoms with Gasteiger partial charge < -0.3 is 9.84 Å². The molecule has 3 aromatic carbocycles. The third-order valence-electron chi connectivity index (χ3n) is 6.83. The molecule has 7 heteroatoms. The number of aromatic hydroxyl groups is 1. The minimum atomic E-state index is -0.217. The van der Waals surface area contributed by atoms with E-state index in [9.17, 15) is 9.90 Å². The van der Waals surface area contributed by atoms with Gasteiger partial charge in [-0.05, 0) is 60.2 Å². The molecule has 1 aliphatic carbocycles. The number of halogens is 1. The molecule has 0 saturated carbocycles. The van der Waals surface area contributed by atoms with Gasteiger partial charge in [-0.2, -0.15) is 0 Å². The van der Waals surface area contributed by atoms with E-state index in [1.54, 1.807) is 18.2 Å². The fourth-order valence-corrected chi connectivity index (χ4v) is 6.28. The van der Waals surface area contributed by atoms with Crippen LogP contribution in [0.15, 0.2) is 76.0 Å². The van der Waals surface area contributed by atoms with Gasteiger partial charge in [-0.1, -0.05) is 77.0 Å². The van der Waals surface area contributed by atoms with Crippen LogP contribution >= 0.6 is 22.9 Å². The van der Waals surface area contributed by atoms with E-state index in [-0.39, 0.29) is 28.1 Å². The number of rotatable bonds is 3. The summed E-state index contributed by atoms with van der Waals surface area (Å²) >= 11 is 7.56. The lowest BCUT2D eigenvalue weighted by Gasteiger charge is -2.30. The van der Waals surface area contributed by atoms with Gasteiger partial charge in [0.1, 0.15) is 0 Å². The second kappa shape index (κ2) is 8.80. The number of benzene rings is 3. The molecule has 0 fully saturated rings. The zero-order chi connectivity index (χ0) is 25.0. The first-order valence-corrected chi connectivity index (χ1v) is 12.9. The van der Waals surface area contributed by atoms with Crippen molar-refractivity contribution < 1.29 is 9.84 Å². The largest absolute Gasteiger partial charge is 0.503 e. The Kier molecular flexibility index (Phi) is 5.58. The zero-order valence-electron chi connectivity index (χ0n) is 19.8. The summed E-state index contributed by atoms with van der Waals surface area (Å²) in [7, 11) is 1.47. The summed E-state index contributed by atoms with van der Waals surface area (Å²) in [4.78, 5) is 19.6. The molecule has 1 aliphatic heterocycles. The summed E-state index contributed by atoms with van der Waals surface area (Å²) in [6.45, 7) is 2.06. The molecular formula is C29H23ClN2O3S. The van der Waals surface area contributed by atoms with Crippen LogP contribution in [-0.2, 0) is 6.42 Å². The highest BCUT2D eigenvalue weighted by Gasteiger charge is 2.32. The number of phenolic OH excluding ortho intramolecular Hbond substituents is 1. The number of allylic oxidation sites excluding steroid dienone is 1. The van der Waals surface area contributed by atoms with Crippen LogP contribution in [0.25, 0.3) is 11.8 Å². The number of ether oxygens (including phenoxy) is 1. The van der Waals surface area contributed by atoms with E-state index in [0.717, 1.165) is 29.7 Å². The number of hydrogen-bond acceptors (Lipinski definition) is 5. The lowest BCUT2D eigenvalue weighted by Crippen LogP contribution is -2.38. The molecule has 6 rings (SSSR count). The Labute approximate surface area is 216 Å². The molecule has 0 bridgehead atoms. The summed E-state index contributed by atoms with van der Waals surface area (Å²) in [5, 5.41) is 10.3. The molecule has 1 unspecified atom stereocenters. The Morgan fingerprint density at radius 3 is 2.69 bits per heavy atom. The van der Waals surface area contributed by atoms with Gasteiger partial charge in [0.2, 0.25) is 0 Å². The van der Waals surface area contributed by atoms with E-state index in [0.29, 0.717) is 14.9 Å². The first-order chi connectivity index (χ1) is 17.4. The van der Waals surface area contributed by atoms with Gasteiger partial charge in [0.25, 0.3) is 5.56 Å². The van der Waals surface area contributed by atoms with Gasteiger partial charge in [0, 0.05) is 5.56 Å². The van der Waals surface area contributed by atoms with Crippen LogP contribution in [-0.4, -0.2) is 16.8 Å². The van der Waals surface area contributed by atoms with Crippen molar-refractivity contribution in [2.75, 3.05) is 7.11 Å². The maximum Gasteiger partial charge on any atom is 0.271 e. The maximum atomic E-state index is 13.8. The minimum Gasteiger partial charge on any atom is -0.503 e. The van der Waals surface area contributed by atoms with E-state index >= 15 is 0 Å². The summed E-state index contributed by atoms with van der Waals surface area (Å²) < 4.78 is 7.61. The van der Waals surface area contributed by atoms with Crippen molar-refractivity contribution in [2.45, 2.75) is 25.8 Å². The maximum absolute atomic E-state index is 13.8. The van der Waals surface area contributed by atoms with E-state index < -0.39 is 0 Å². The van der Waals surface area contributed by atoms with E-state index in [1.165, 1.54) is 35.1 Å². The molecule has 0 amide bonds. The fourth-order valence-electron chi connectivity index (χ4n) is 5.06. The number of phenols is 1. The van der Waals surface area contributed by atoms with Crippen molar-refractivity contribution in [3.63, 3.8) is 0 Å². The predicted molar refractivity (Wildman–Crippen MR) is 144 cm³/mol. The molecule has 0 saturated heterocycles. The Hall–Kier alpha value is -3.61. The number of fused-ring (bicyclic) bond motifs is 3. The lowest BCUT2D eigenvalue weighted by atomic mass is 9.83. The van der Waals surface area contributed by atoms with Crippen molar-refractivity contribution in [2.24, 2.45) is 4.99 Å². The summed E-state index contributed by atoms with van der Waals surface area (Å²) in [6, 6.07) is 19.9. The Balaban J connectivity index is 1.61. The van der Waals surface area contributed by atoms with E-state index in [4.69, 9.17) is 21.3 Å². The van der Waals surface area contributed by atoms with Gasteiger partial charge >= 0.3 is 0 Å². The standard InChI is InChI=1S/C29H23ClN2O3S/c1-16-7-9-19(10-8-16)26-21-12-11-18-5-3-4-6-20(18)25(21)31-29-32(26)28(34)24(36-29)15-17-13-22(30)27(33)23(14-17)35-2/h3-10,13-15,26,33H,11-12H2,1-2H3. The number of aryl methyl sites for hydroxylation is 2. The van der Waals surface area contributed by atoms with Gasteiger partial charge in [-0.15, -0.1) is 0 Å². The third-order valence-corrected chi connectivity index (χ3v) is 8.11. The number of thiazole rings is 1. The second-order valence-corrected chi connectivity index (χ2v) is 10.5. The van der Waals surface area contributed by atoms with Crippen molar-refractivity contribution in [1.29, 1.82) is 0 Å². The number of aromatic nitrogens is 1. The molecule has 5 nitrogen and oxygen atoms in total. The van der Waals surface area contributed by atoms with Crippen LogP contribution < -0.4 is 19.6 Å². The summed E-state index contributed by atoms with van der Waals surface area (Å²) in [5.41, 5.74) is 7.39. The zero-order valence-corrected chi connectivity index (χ0v) is 21.4. The smallest absolute Gasteiger partial charge is 0.271 e. The number of methoxy groups -OCH3 is 1. The Morgan fingerprint density at radius 2 is 1.92 bits per heavy atom. The lowest BCUT2D eigenvalue weighted by molar-refractivity contribution is 0.373. The van der Waals surface area contributed by atoms with Gasteiger partial charge in [0.15, 0.2) is 16.3 Å². The summed E-state index contributed by atoms with van der Waals surface area (Å²) in [5.74, 6) is 0.134. The van der Waals surface area contributed by atoms with Crippen LogP contribution in [0.1, 0.15) is 40.3 Å². The third kappa shape index (κ3) is 3.69. The molecule has 1 aromatic heterocycles. The van der Waals surface area contributed by atoms with Crippen molar-refractivity contribution in [3.8, 4) is 11.5 Å². The van der Waals surface area contributed by atoms with Crippen molar-refractivity contribution in [1.82, 2.24) is 4.57 Å². The first-order valence-electron chi connectivity index (χ1n) is 11.7. The highest BCUT2D eigenvalue weighted by molar-refractivity contribution is 7.07. The molecule has 4 aromatic rings. The first kappa shape index (κ1) is 22.8. The van der Waals surface area contributed by atoms with E-state index in [1.807, 2.05) is 10.6 Å². The highest BCUT2D eigenvalue weighted by atomic mass is 35.5.